The Morgan fingerprint density at radius 1 is 1.19 bits per heavy atom. The molecule has 0 saturated heterocycles. The summed E-state index contributed by atoms with van der Waals surface area (Å²) >= 11 is 0. The summed E-state index contributed by atoms with van der Waals surface area (Å²) in [6, 6.07) is 0. The number of nitrogens with zero attached hydrogens (tertiary/aromatic N) is 2. The minimum absolute atomic E-state index is 0.239. The van der Waals surface area contributed by atoms with Gasteiger partial charge in [0.05, 0.1) is 5.41 Å². The second-order valence-electron chi connectivity index (χ2n) is 6.79. The van der Waals surface area contributed by atoms with E-state index in [2.05, 4.69) is 15.6 Å². The van der Waals surface area contributed by atoms with Crippen molar-refractivity contribution in [3.8, 4) is 0 Å². The van der Waals surface area contributed by atoms with Crippen LogP contribution in [-0.4, -0.2) is 51.0 Å². The van der Waals surface area contributed by atoms with E-state index in [-0.39, 0.29) is 11.3 Å². The van der Waals surface area contributed by atoms with Gasteiger partial charge in [0.25, 0.3) is 0 Å². The Labute approximate surface area is 128 Å². The summed E-state index contributed by atoms with van der Waals surface area (Å²) in [5.74, 6) is 1.88. The minimum Gasteiger partial charge on any atom is -0.356 e. The number of aliphatic imine (C=N–C) groups is 1. The van der Waals surface area contributed by atoms with Crippen LogP contribution in [0.4, 0.5) is 0 Å². The van der Waals surface area contributed by atoms with Crippen LogP contribution in [0.15, 0.2) is 4.99 Å². The molecule has 0 radical (unpaired) electrons. The third kappa shape index (κ3) is 3.89. The van der Waals surface area contributed by atoms with E-state index in [0.717, 1.165) is 44.1 Å². The predicted molar refractivity (Wildman–Crippen MR) is 86.3 cm³/mol. The zero-order valence-electron chi connectivity index (χ0n) is 13.7. The third-order valence-electron chi connectivity index (χ3n) is 5.02. The third-order valence-corrected chi connectivity index (χ3v) is 5.02. The SMILES string of the molecule is CN=C(NCC1CCC1)NCC1(C(=O)N(C)C)CCCC1. The number of hydrogen-bond acceptors (Lipinski definition) is 2. The van der Waals surface area contributed by atoms with Crippen molar-refractivity contribution in [1.82, 2.24) is 15.5 Å². The highest BCUT2D eigenvalue weighted by Gasteiger charge is 2.42. The number of nitrogens with one attached hydrogen (secondary N) is 2. The van der Waals surface area contributed by atoms with Gasteiger partial charge in [-0.05, 0) is 31.6 Å². The molecule has 0 aromatic heterocycles. The Kier molecular flexibility index (Phi) is 5.48. The van der Waals surface area contributed by atoms with Gasteiger partial charge in [0.15, 0.2) is 5.96 Å². The van der Waals surface area contributed by atoms with Crippen LogP contribution in [0.3, 0.4) is 0 Å². The minimum atomic E-state index is -0.239. The normalized spacial score (nSPS) is 21.8. The molecule has 0 unspecified atom stereocenters. The number of carbonyl (C=O) groups excluding carboxylic acids is 1. The molecular weight excluding hydrogens is 264 g/mol. The van der Waals surface area contributed by atoms with Crippen molar-refractivity contribution >= 4 is 11.9 Å². The summed E-state index contributed by atoms with van der Waals surface area (Å²) in [6.07, 6.45) is 8.27. The zero-order valence-corrected chi connectivity index (χ0v) is 13.7. The van der Waals surface area contributed by atoms with Gasteiger partial charge in [-0.1, -0.05) is 19.3 Å². The lowest BCUT2D eigenvalue weighted by molar-refractivity contribution is -0.138. The van der Waals surface area contributed by atoms with Crippen molar-refractivity contribution in [1.29, 1.82) is 0 Å². The number of carbonyl (C=O) groups is 1. The first-order chi connectivity index (χ1) is 10.1. The molecule has 5 heteroatoms. The van der Waals surface area contributed by atoms with Crippen LogP contribution in [0.5, 0.6) is 0 Å². The van der Waals surface area contributed by atoms with Gasteiger partial charge in [-0.25, -0.2) is 0 Å². The average Bonchev–Trinajstić information content (AvgIpc) is 2.89. The number of guanidine groups is 1. The van der Waals surface area contributed by atoms with E-state index in [4.69, 9.17) is 0 Å². The van der Waals surface area contributed by atoms with Crippen LogP contribution in [0.2, 0.25) is 0 Å². The molecule has 0 aromatic rings. The van der Waals surface area contributed by atoms with E-state index < -0.39 is 0 Å². The number of amides is 1. The molecule has 0 heterocycles. The monoisotopic (exact) mass is 294 g/mol. The van der Waals surface area contributed by atoms with Crippen molar-refractivity contribution in [2.45, 2.75) is 44.9 Å². The fourth-order valence-corrected chi connectivity index (χ4v) is 3.40. The van der Waals surface area contributed by atoms with Crippen LogP contribution < -0.4 is 10.6 Å². The van der Waals surface area contributed by atoms with Gasteiger partial charge < -0.3 is 15.5 Å². The van der Waals surface area contributed by atoms with Gasteiger partial charge in [-0.15, -0.1) is 0 Å². The molecule has 2 aliphatic rings. The maximum atomic E-state index is 12.5. The van der Waals surface area contributed by atoms with Crippen LogP contribution in [0, 0.1) is 11.3 Å². The maximum absolute atomic E-state index is 12.5. The lowest BCUT2D eigenvalue weighted by atomic mass is 9.84. The quantitative estimate of drug-likeness (QED) is 0.598. The molecule has 1 amide bonds. The van der Waals surface area contributed by atoms with E-state index in [1.54, 1.807) is 11.9 Å². The lowest BCUT2D eigenvalue weighted by Gasteiger charge is -2.32. The van der Waals surface area contributed by atoms with E-state index in [9.17, 15) is 4.79 Å². The Balaban J connectivity index is 1.86. The van der Waals surface area contributed by atoms with Gasteiger partial charge in [0, 0.05) is 34.2 Å². The molecule has 0 atom stereocenters. The van der Waals surface area contributed by atoms with Crippen molar-refractivity contribution in [3.63, 3.8) is 0 Å². The van der Waals surface area contributed by atoms with Crippen molar-refractivity contribution in [2.75, 3.05) is 34.2 Å². The molecule has 2 fully saturated rings. The first-order valence-corrected chi connectivity index (χ1v) is 8.24. The molecule has 0 spiro atoms. The van der Waals surface area contributed by atoms with E-state index in [0.29, 0.717) is 6.54 Å². The van der Waals surface area contributed by atoms with Gasteiger partial charge >= 0.3 is 0 Å². The summed E-state index contributed by atoms with van der Waals surface area (Å²) in [5, 5.41) is 6.78. The second kappa shape index (κ2) is 7.14. The summed E-state index contributed by atoms with van der Waals surface area (Å²) in [4.78, 5) is 18.5. The highest BCUT2D eigenvalue weighted by atomic mass is 16.2. The maximum Gasteiger partial charge on any atom is 0.230 e. The molecule has 21 heavy (non-hydrogen) atoms. The Morgan fingerprint density at radius 2 is 1.86 bits per heavy atom. The molecule has 2 aliphatic carbocycles. The smallest absolute Gasteiger partial charge is 0.230 e. The fourth-order valence-electron chi connectivity index (χ4n) is 3.40. The molecule has 0 bridgehead atoms. The summed E-state index contributed by atoms with van der Waals surface area (Å²) in [5.41, 5.74) is -0.239. The summed E-state index contributed by atoms with van der Waals surface area (Å²) in [6.45, 7) is 1.68. The average molecular weight is 294 g/mol. The molecule has 2 saturated carbocycles. The fraction of sp³-hybridized carbons (Fsp3) is 0.875. The molecule has 120 valence electrons. The van der Waals surface area contributed by atoms with Crippen LogP contribution in [-0.2, 0) is 4.79 Å². The number of rotatable bonds is 5. The summed E-state index contributed by atoms with van der Waals surface area (Å²) in [7, 11) is 5.50. The summed E-state index contributed by atoms with van der Waals surface area (Å²) < 4.78 is 0. The van der Waals surface area contributed by atoms with Gasteiger partial charge in [-0.2, -0.15) is 0 Å². The Bertz CT molecular complexity index is 382. The molecular formula is C16H30N4O. The Morgan fingerprint density at radius 3 is 2.33 bits per heavy atom. The van der Waals surface area contributed by atoms with E-state index >= 15 is 0 Å². The van der Waals surface area contributed by atoms with Crippen LogP contribution >= 0.6 is 0 Å². The zero-order chi connectivity index (χ0) is 15.3. The van der Waals surface area contributed by atoms with E-state index in [1.165, 1.54) is 19.3 Å². The molecule has 0 aromatic carbocycles. The highest BCUT2D eigenvalue weighted by molar-refractivity contribution is 5.85. The van der Waals surface area contributed by atoms with Gasteiger partial charge in [0.2, 0.25) is 5.91 Å². The first kappa shape index (κ1) is 16.1. The largest absolute Gasteiger partial charge is 0.356 e. The predicted octanol–water partition coefficient (Wildman–Crippen LogP) is 1.60. The van der Waals surface area contributed by atoms with E-state index in [1.807, 2.05) is 14.1 Å². The molecule has 2 N–H and O–H groups in total. The van der Waals surface area contributed by atoms with Crippen molar-refractivity contribution in [2.24, 2.45) is 16.3 Å². The first-order valence-electron chi connectivity index (χ1n) is 8.24. The number of hydrogen-bond donors (Lipinski definition) is 2. The standard InChI is InChI=1S/C16H30N4O/c1-17-15(18-11-13-7-6-8-13)19-12-16(9-4-5-10-16)14(21)20(2)3/h13H,4-12H2,1-3H3,(H2,17,18,19). The van der Waals surface area contributed by atoms with Crippen LogP contribution in [0.1, 0.15) is 44.9 Å². The molecule has 2 rings (SSSR count). The molecule has 5 nitrogen and oxygen atoms in total. The molecule has 0 aliphatic heterocycles. The highest BCUT2D eigenvalue weighted by Crippen LogP contribution is 2.38. The topological polar surface area (TPSA) is 56.7 Å². The van der Waals surface area contributed by atoms with Crippen molar-refractivity contribution < 1.29 is 4.79 Å². The van der Waals surface area contributed by atoms with Crippen LogP contribution in [0.25, 0.3) is 0 Å². The van der Waals surface area contributed by atoms with Gasteiger partial charge in [-0.3, -0.25) is 9.79 Å². The second-order valence-corrected chi connectivity index (χ2v) is 6.79. The van der Waals surface area contributed by atoms with Gasteiger partial charge in [0.1, 0.15) is 0 Å². The lowest BCUT2D eigenvalue weighted by Crippen LogP contribution is -2.49. The Hall–Kier alpha value is -1.26. The van der Waals surface area contributed by atoms with Crippen molar-refractivity contribution in [3.05, 3.63) is 0 Å².